The first-order valence-corrected chi connectivity index (χ1v) is 9.97. The van der Waals surface area contributed by atoms with Crippen LogP contribution >= 0.6 is 12.4 Å². The molecule has 0 atom stereocenters. The molecule has 1 heterocycles. The molecule has 28 heavy (non-hydrogen) atoms. The minimum Gasteiger partial charge on any atom is -0.508 e. The lowest BCUT2D eigenvalue weighted by atomic mass is 9.88. The standard InChI is InChI=1S/C23H32N2O2.ClH/c1-16(2)20-15-21(26)18(4)23(22(20)19-8-6-5-7-17(19)3)27-14-13-25-11-9-24-10-12-25;/h5-8,15-16,24,26H,9-14H2,1-4H3;1H. The summed E-state index contributed by atoms with van der Waals surface area (Å²) in [7, 11) is 0. The Morgan fingerprint density at radius 1 is 1.14 bits per heavy atom. The second kappa shape index (κ2) is 10.1. The topological polar surface area (TPSA) is 44.7 Å². The van der Waals surface area contributed by atoms with Crippen LogP contribution in [0.1, 0.15) is 36.5 Å². The van der Waals surface area contributed by atoms with Gasteiger partial charge in [-0.1, -0.05) is 38.1 Å². The summed E-state index contributed by atoms with van der Waals surface area (Å²) in [5, 5.41) is 13.9. The molecule has 1 aliphatic heterocycles. The largest absolute Gasteiger partial charge is 0.508 e. The Hall–Kier alpha value is -1.75. The number of ether oxygens (including phenoxy) is 1. The average molecular weight is 405 g/mol. The van der Waals surface area contributed by atoms with Gasteiger partial charge in [0, 0.05) is 43.9 Å². The third kappa shape index (κ3) is 4.99. The normalized spacial score (nSPS) is 14.8. The zero-order valence-electron chi connectivity index (χ0n) is 17.4. The molecule has 154 valence electrons. The fourth-order valence-corrected chi connectivity index (χ4v) is 3.74. The fraction of sp³-hybridized carbons (Fsp3) is 0.478. The van der Waals surface area contributed by atoms with Gasteiger partial charge in [-0.3, -0.25) is 4.90 Å². The van der Waals surface area contributed by atoms with Crippen LogP contribution < -0.4 is 10.1 Å². The number of aryl methyl sites for hydroxylation is 1. The summed E-state index contributed by atoms with van der Waals surface area (Å²) in [6, 6.07) is 10.3. The van der Waals surface area contributed by atoms with Crippen molar-refractivity contribution in [2.75, 3.05) is 39.3 Å². The number of phenolic OH excluding ortho intramolecular Hbond substituents is 1. The highest BCUT2D eigenvalue weighted by atomic mass is 35.5. The molecular formula is C23H33ClN2O2. The highest BCUT2D eigenvalue weighted by molar-refractivity contribution is 5.85. The van der Waals surface area contributed by atoms with E-state index in [9.17, 15) is 5.11 Å². The quantitative estimate of drug-likeness (QED) is 0.743. The maximum atomic E-state index is 10.5. The number of nitrogens with one attached hydrogen (secondary N) is 1. The third-order valence-electron chi connectivity index (χ3n) is 5.43. The lowest BCUT2D eigenvalue weighted by Gasteiger charge is -2.28. The molecule has 1 saturated heterocycles. The molecule has 0 amide bonds. The molecule has 0 saturated carbocycles. The van der Waals surface area contributed by atoms with Crippen molar-refractivity contribution in [2.24, 2.45) is 0 Å². The third-order valence-corrected chi connectivity index (χ3v) is 5.43. The molecular weight excluding hydrogens is 372 g/mol. The van der Waals surface area contributed by atoms with Gasteiger partial charge in [-0.2, -0.15) is 0 Å². The molecule has 2 N–H and O–H groups in total. The molecule has 0 spiro atoms. The minimum atomic E-state index is 0. The molecule has 1 aliphatic rings. The molecule has 0 radical (unpaired) electrons. The molecule has 2 aromatic rings. The zero-order valence-corrected chi connectivity index (χ0v) is 18.2. The van der Waals surface area contributed by atoms with E-state index in [-0.39, 0.29) is 12.4 Å². The van der Waals surface area contributed by atoms with Crippen molar-refractivity contribution >= 4 is 12.4 Å². The molecule has 2 aromatic carbocycles. The van der Waals surface area contributed by atoms with E-state index >= 15 is 0 Å². The van der Waals surface area contributed by atoms with Crippen molar-refractivity contribution in [3.05, 3.63) is 47.0 Å². The number of benzene rings is 2. The fourth-order valence-electron chi connectivity index (χ4n) is 3.74. The SMILES string of the molecule is Cc1ccccc1-c1c(C(C)C)cc(O)c(C)c1OCCN1CCNCC1.Cl. The van der Waals surface area contributed by atoms with Crippen LogP contribution in [0.25, 0.3) is 11.1 Å². The van der Waals surface area contributed by atoms with Gasteiger partial charge in [-0.25, -0.2) is 0 Å². The van der Waals surface area contributed by atoms with Crippen molar-refractivity contribution in [2.45, 2.75) is 33.6 Å². The predicted octanol–water partition coefficient (Wildman–Crippen LogP) is 4.51. The highest BCUT2D eigenvalue weighted by Gasteiger charge is 2.21. The minimum absolute atomic E-state index is 0. The van der Waals surface area contributed by atoms with Crippen LogP contribution in [-0.4, -0.2) is 49.3 Å². The molecule has 0 aromatic heterocycles. The Morgan fingerprint density at radius 2 is 1.82 bits per heavy atom. The van der Waals surface area contributed by atoms with Gasteiger partial charge in [-0.05, 0) is 42.5 Å². The van der Waals surface area contributed by atoms with Crippen LogP contribution in [0.15, 0.2) is 30.3 Å². The number of nitrogens with zero attached hydrogens (tertiary/aromatic N) is 1. The monoisotopic (exact) mass is 404 g/mol. The first-order valence-electron chi connectivity index (χ1n) is 9.97. The second-order valence-electron chi connectivity index (χ2n) is 7.72. The average Bonchev–Trinajstić information content (AvgIpc) is 2.66. The Labute approximate surface area is 175 Å². The van der Waals surface area contributed by atoms with E-state index in [1.807, 2.05) is 13.0 Å². The van der Waals surface area contributed by atoms with Gasteiger partial charge in [0.2, 0.25) is 0 Å². The van der Waals surface area contributed by atoms with Crippen molar-refractivity contribution in [3.63, 3.8) is 0 Å². The van der Waals surface area contributed by atoms with Crippen LogP contribution in [0.4, 0.5) is 0 Å². The molecule has 1 fully saturated rings. The van der Waals surface area contributed by atoms with Gasteiger partial charge < -0.3 is 15.2 Å². The number of hydrogen-bond donors (Lipinski definition) is 2. The Bertz CT molecular complexity index is 786. The van der Waals surface area contributed by atoms with Crippen molar-refractivity contribution in [1.82, 2.24) is 10.2 Å². The van der Waals surface area contributed by atoms with Crippen LogP contribution in [0.3, 0.4) is 0 Å². The molecule has 0 unspecified atom stereocenters. The zero-order chi connectivity index (χ0) is 19.4. The van der Waals surface area contributed by atoms with Gasteiger partial charge in [0.25, 0.3) is 0 Å². The van der Waals surface area contributed by atoms with Gasteiger partial charge in [0.05, 0.1) is 0 Å². The van der Waals surface area contributed by atoms with E-state index in [0.29, 0.717) is 18.3 Å². The maximum absolute atomic E-state index is 10.5. The predicted molar refractivity (Wildman–Crippen MR) is 119 cm³/mol. The van der Waals surface area contributed by atoms with Gasteiger partial charge in [-0.15, -0.1) is 12.4 Å². The summed E-state index contributed by atoms with van der Waals surface area (Å²) >= 11 is 0. The number of rotatable bonds is 6. The summed E-state index contributed by atoms with van der Waals surface area (Å²) < 4.78 is 6.33. The maximum Gasteiger partial charge on any atom is 0.134 e. The van der Waals surface area contributed by atoms with Gasteiger partial charge in [0.15, 0.2) is 0 Å². The Balaban J connectivity index is 0.00000280. The van der Waals surface area contributed by atoms with Crippen molar-refractivity contribution in [3.8, 4) is 22.6 Å². The Morgan fingerprint density at radius 3 is 2.46 bits per heavy atom. The first-order chi connectivity index (χ1) is 13.0. The van der Waals surface area contributed by atoms with Crippen molar-refractivity contribution < 1.29 is 9.84 Å². The van der Waals surface area contributed by atoms with E-state index in [1.54, 1.807) is 0 Å². The van der Waals surface area contributed by atoms with E-state index < -0.39 is 0 Å². The highest BCUT2D eigenvalue weighted by Crippen LogP contribution is 2.44. The molecule has 4 nitrogen and oxygen atoms in total. The Kier molecular flexibility index (Phi) is 8.17. The van der Waals surface area contributed by atoms with Gasteiger partial charge in [0.1, 0.15) is 18.1 Å². The van der Waals surface area contributed by atoms with Crippen LogP contribution in [0.5, 0.6) is 11.5 Å². The number of aromatic hydroxyl groups is 1. The summed E-state index contributed by atoms with van der Waals surface area (Å²) in [5.41, 5.74) is 5.47. The second-order valence-corrected chi connectivity index (χ2v) is 7.72. The van der Waals surface area contributed by atoms with Crippen LogP contribution in [-0.2, 0) is 0 Å². The summed E-state index contributed by atoms with van der Waals surface area (Å²) in [6.45, 7) is 14.1. The molecule has 3 rings (SSSR count). The van der Waals surface area contributed by atoms with E-state index in [2.05, 4.69) is 55.3 Å². The van der Waals surface area contributed by atoms with Crippen LogP contribution in [0, 0.1) is 13.8 Å². The number of piperazine rings is 1. The molecule has 0 bridgehead atoms. The smallest absolute Gasteiger partial charge is 0.134 e. The van der Waals surface area contributed by atoms with Gasteiger partial charge >= 0.3 is 0 Å². The van der Waals surface area contributed by atoms with Crippen molar-refractivity contribution in [1.29, 1.82) is 0 Å². The number of phenols is 1. The summed E-state index contributed by atoms with van der Waals surface area (Å²) in [4.78, 5) is 2.42. The lowest BCUT2D eigenvalue weighted by molar-refractivity contribution is 0.191. The summed E-state index contributed by atoms with van der Waals surface area (Å²) in [6.07, 6.45) is 0. The van der Waals surface area contributed by atoms with E-state index in [0.717, 1.165) is 55.2 Å². The van der Waals surface area contributed by atoms with Crippen LogP contribution in [0.2, 0.25) is 0 Å². The number of halogens is 1. The first kappa shape index (κ1) is 22.5. The number of hydrogen-bond acceptors (Lipinski definition) is 4. The summed E-state index contributed by atoms with van der Waals surface area (Å²) in [5.74, 6) is 1.43. The molecule has 0 aliphatic carbocycles. The van der Waals surface area contributed by atoms with E-state index in [4.69, 9.17) is 4.74 Å². The van der Waals surface area contributed by atoms with E-state index in [1.165, 1.54) is 11.1 Å². The molecule has 5 heteroatoms. The lowest BCUT2D eigenvalue weighted by Crippen LogP contribution is -2.44.